The summed E-state index contributed by atoms with van der Waals surface area (Å²) in [6.45, 7) is -0.151. The third-order valence-corrected chi connectivity index (χ3v) is 1.89. The number of hydrogen-bond acceptors (Lipinski definition) is 3. The third-order valence-electron chi connectivity index (χ3n) is 1.89. The summed E-state index contributed by atoms with van der Waals surface area (Å²) in [5.41, 5.74) is 0.325. The van der Waals surface area contributed by atoms with E-state index in [1.54, 1.807) is 0 Å². The Labute approximate surface area is 85.6 Å². The highest BCUT2D eigenvalue weighted by atomic mass is 16.4. The van der Waals surface area contributed by atoms with Crippen LogP contribution in [0, 0.1) is 0 Å². The fraction of sp³-hybridized carbons (Fsp3) is 0.200. The maximum absolute atomic E-state index is 10.7. The standard InChI is InChI=1S/C10H10O5/c11-2-1-6-3-7(9(12)13)5-8(4-6)10(14)15/h3-5,11H,1-2H2,(H,12,13)(H,14,15). The van der Waals surface area contributed by atoms with E-state index in [-0.39, 0.29) is 24.2 Å². The van der Waals surface area contributed by atoms with Gasteiger partial charge in [-0.25, -0.2) is 9.59 Å². The van der Waals surface area contributed by atoms with Crippen LogP contribution in [-0.2, 0) is 6.42 Å². The number of rotatable bonds is 4. The molecule has 0 aliphatic heterocycles. The molecule has 5 nitrogen and oxygen atoms in total. The van der Waals surface area contributed by atoms with Gasteiger partial charge >= 0.3 is 11.9 Å². The Kier molecular flexibility index (Phi) is 3.41. The summed E-state index contributed by atoms with van der Waals surface area (Å²) in [5.74, 6) is -2.37. The van der Waals surface area contributed by atoms with Crippen molar-refractivity contribution in [2.45, 2.75) is 6.42 Å². The van der Waals surface area contributed by atoms with Crippen LogP contribution in [0.3, 0.4) is 0 Å². The van der Waals surface area contributed by atoms with Gasteiger partial charge in [0, 0.05) is 6.61 Å². The first-order valence-corrected chi connectivity index (χ1v) is 4.26. The number of aromatic carboxylic acids is 2. The molecule has 0 heterocycles. The van der Waals surface area contributed by atoms with E-state index in [0.717, 1.165) is 6.07 Å². The molecule has 0 amide bonds. The smallest absolute Gasteiger partial charge is 0.335 e. The number of aliphatic hydroxyl groups excluding tert-OH is 1. The topological polar surface area (TPSA) is 94.8 Å². The largest absolute Gasteiger partial charge is 0.478 e. The Balaban J connectivity index is 3.19. The molecular formula is C10H10O5. The second-order valence-electron chi connectivity index (χ2n) is 3.00. The maximum Gasteiger partial charge on any atom is 0.335 e. The van der Waals surface area contributed by atoms with Crippen molar-refractivity contribution in [2.75, 3.05) is 6.61 Å². The van der Waals surface area contributed by atoms with Crippen molar-refractivity contribution in [1.82, 2.24) is 0 Å². The normalized spacial score (nSPS) is 9.93. The van der Waals surface area contributed by atoms with Crippen molar-refractivity contribution in [3.63, 3.8) is 0 Å². The molecule has 15 heavy (non-hydrogen) atoms. The molecule has 5 heteroatoms. The molecule has 1 aromatic rings. The Morgan fingerprint density at radius 3 is 1.80 bits per heavy atom. The summed E-state index contributed by atoms with van der Waals surface area (Å²) in [6.07, 6.45) is 0.237. The van der Waals surface area contributed by atoms with Crippen molar-refractivity contribution < 1.29 is 24.9 Å². The highest BCUT2D eigenvalue weighted by Gasteiger charge is 2.10. The lowest BCUT2D eigenvalue weighted by Crippen LogP contribution is -2.05. The number of carboxylic acid groups (broad SMARTS) is 2. The highest BCUT2D eigenvalue weighted by Crippen LogP contribution is 2.11. The lowest BCUT2D eigenvalue weighted by molar-refractivity contribution is 0.0696. The van der Waals surface area contributed by atoms with E-state index in [1.807, 2.05) is 0 Å². The predicted octanol–water partition coefficient (Wildman–Crippen LogP) is 0.618. The molecule has 0 saturated heterocycles. The van der Waals surface area contributed by atoms with Crippen LogP contribution in [0.15, 0.2) is 18.2 Å². The van der Waals surface area contributed by atoms with E-state index in [9.17, 15) is 9.59 Å². The van der Waals surface area contributed by atoms with Gasteiger partial charge in [0.15, 0.2) is 0 Å². The Hall–Kier alpha value is -1.88. The van der Waals surface area contributed by atoms with Crippen LogP contribution in [0.1, 0.15) is 26.3 Å². The summed E-state index contributed by atoms with van der Waals surface area (Å²) in [4.78, 5) is 21.4. The first kappa shape index (κ1) is 11.2. The fourth-order valence-corrected chi connectivity index (χ4v) is 1.21. The van der Waals surface area contributed by atoms with Crippen LogP contribution >= 0.6 is 0 Å². The Bertz CT molecular complexity index is 365. The van der Waals surface area contributed by atoms with Gasteiger partial charge in [0.05, 0.1) is 11.1 Å². The highest BCUT2D eigenvalue weighted by molar-refractivity contribution is 5.94. The number of benzene rings is 1. The van der Waals surface area contributed by atoms with Gasteiger partial charge in [-0.05, 0) is 30.2 Å². The van der Waals surface area contributed by atoms with Crippen LogP contribution in [0.2, 0.25) is 0 Å². The van der Waals surface area contributed by atoms with Crippen LogP contribution in [0.4, 0.5) is 0 Å². The summed E-state index contributed by atoms with van der Waals surface area (Å²) in [7, 11) is 0. The number of aliphatic hydroxyl groups is 1. The van der Waals surface area contributed by atoms with Gasteiger partial charge in [-0.3, -0.25) is 0 Å². The quantitative estimate of drug-likeness (QED) is 0.677. The molecule has 0 fully saturated rings. The van der Waals surface area contributed by atoms with Crippen molar-refractivity contribution in [3.8, 4) is 0 Å². The Morgan fingerprint density at radius 1 is 1.00 bits per heavy atom. The van der Waals surface area contributed by atoms with E-state index in [1.165, 1.54) is 12.1 Å². The summed E-state index contributed by atoms with van der Waals surface area (Å²) < 4.78 is 0. The van der Waals surface area contributed by atoms with Crippen LogP contribution < -0.4 is 0 Å². The molecule has 1 aromatic carbocycles. The van der Waals surface area contributed by atoms with Crippen LogP contribution in [-0.4, -0.2) is 33.9 Å². The summed E-state index contributed by atoms with van der Waals surface area (Å²) in [5, 5.41) is 26.1. The van der Waals surface area contributed by atoms with Gasteiger partial charge in [-0.2, -0.15) is 0 Å². The van der Waals surface area contributed by atoms with Crippen LogP contribution in [0.5, 0.6) is 0 Å². The zero-order chi connectivity index (χ0) is 11.4. The predicted molar refractivity (Wildman–Crippen MR) is 51.2 cm³/mol. The minimum Gasteiger partial charge on any atom is -0.478 e. The average molecular weight is 210 g/mol. The molecule has 0 atom stereocenters. The fourth-order valence-electron chi connectivity index (χ4n) is 1.21. The molecule has 0 aromatic heterocycles. The van der Waals surface area contributed by atoms with E-state index in [0.29, 0.717) is 5.56 Å². The lowest BCUT2D eigenvalue weighted by atomic mass is 10.0. The number of carboxylic acids is 2. The van der Waals surface area contributed by atoms with Gasteiger partial charge in [0.2, 0.25) is 0 Å². The summed E-state index contributed by atoms with van der Waals surface area (Å²) >= 11 is 0. The molecule has 0 bridgehead atoms. The SMILES string of the molecule is O=C(O)c1cc(CCO)cc(C(=O)O)c1. The molecule has 0 spiro atoms. The monoisotopic (exact) mass is 210 g/mol. The minimum absolute atomic E-state index is 0.0849. The Morgan fingerprint density at radius 2 is 1.47 bits per heavy atom. The van der Waals surface area contributed by atoms with E-state index in [4.69, 9.17) is 15.3 Å². The molecular weight excluding hydrogens is 200 g/mol. The van der Waals surface area contributed by atoms with Gasteiger partial charge in [-0.15, -0.1) is 0 Å². The first-order chi connectivity index (χ1) is 7.04. The zero-order valence-corrected chi connectivity index (χ0v) is 7.80. The van der Waals surface area contributed by atoms with E-state index >= 15 is 0 Å². The van der Waals surface area contributed by atoms with Crippen molar-refractivity contribution >= 4 is 11.9 Å². The lowest BCUT2D eigenvalue weighted by Gasteiger charge is -2.03. The zero-order valence-electron chi connectivity index (χ0n) is 7.80. The van der Waals surface area contributed by atoms with E-state index < -0.39 is 11.9 Å². The van der Waals surface area contributed by atoms with Crippen molar-refractivity contribution in [1.29, 1.82) is 0 Å². The van der Waals surface area contributed by atoms with Gasteiger partial charge in [0.1, 0.15) is 0 Å². The molecule has 0 saturated carbocycles. The average Bonchev–Trinajstić information content (AvgIpc) is 2.17. The first-order valence-electron chi connectivity index (χ1n) is 4.26. The molecule has 0 aliphatic rings. The molecule has 0 aliphatic carbocycles. The van der Waals surface area contributed by atoms with Gasteiger partial charge in [-0.1, -0.05) is 0 Å². The maximum atomic E-state index is 10.7. The molecule has 0 radical (unpaired) electrons. The van der Waals surface area contributed by atoms with E-state index in [2.05, 4.69) is 0 Å². The second-order valence-corrected chi connectivity index (χ2v) is 3.00. The second kappa shape index (κ2) is 4.56. The minimum atomic E-state index is -1.18. The molecule has 80 valence electrons. The molecule has 0 unspecified atom stereocenters. The van der Waals surface area contributed by atoms with Gasteiger partial charge < -0.3 is 15.3 Å². The van der Waals surface area contributed by atoms with Crippen molar-refractivity contribution in [2.24, 2.45) is 0 Å². The third kappa shape index (κ3) is 2.78. The number of carbonyl (C=O) groups is 2. The van der Waals surface area contributed by atoms with Crippen molar-refractivity contribution in [3.05, 3.63) is 34.9 Å². The van der Waals surface area contributed by atoms with Gasteiger partial charge in [0.25, 0.3) is 0 Å². The van der Waals surface area contributed by atoms with Crippen LogP contribution in [0.25, 0.3) is 0 Å². The number of hydrogen-bond donors (Lipinski definition) is 3. The molecule has 1 rings (SSSR count). The summed E-state index contributed by atoms with van der Waals surface area (Å²) in [6, 6.07) is 3.79. The molecule has 3 N–H and O–H groups in total.